The van der Waals surface area contributed by atoms with Crippen LogP contribution in [0.15, 0.2) is 70.1 Å². The lowest BCUT2D eigenvalue weighted by Crippen LogP contribution is -2.09. The zero-order valence-corrected chi connectivity index (χ0v) is 16.0. The molecule has 0 saturated heterocycles. The summed E-state index contributed by atoms with van der Waals surface area (Å²) in [5.41, 5.74) is 5.00. The minimum absolute atomic E-state index is 0.0434. The second-order valence-electron chi connectivity index (χ2n) is 5.52. The van der Waals surface area contributed by atoms with Gasteiger partial charge in [0.2, 0.25) is 11.6 Å². The van der Waals surface area contributed by atoms with Crippen LogP contribution in [0.4, 0.5) is 0 Å². The molecule has 132 valence electrons. The lowest BCUT2D eigenvalue weighted by atomic mass is 10.0. The van der Waals surface area contributed by atoms with E-state index in [4.69, 9.17) is 16.7 Å². The molecule has 0 atom stereocenters. The molecule has 6 heteroatoms. The van der Waals surface area contributed by atoms with E-state index in [-0.39, 0.29) is 11.6 Å². The highest BCUT2D eigenvalue weighted by molar-refractivity contribution is 8.03. The summed E-state index contributed by atoms with van der Waals surface area (Å²) in [7, 11) is 0. The molecule has 2 aromatic carbocycles. The summed E-state index contributed by atoms with van der Waals surface area (Å²) in [6.07, 6.45) is 0.892. The second kappa shape index (κ2) is 8.62. The van der Waals surface area contributed by atoms with Crippen molar-refractivity contribution in [3.63, 3.8) is 0 Å². The van der Waals surface area contributed by atoms with E-state index in [0.29, 0.717) is 15.4 Å². The molecule has 0 radical (unpaired) electrons. The third-order valence-electron chi connectivity index (χ3n) is 3.95. The highest BCUT2D eigenvalue weighted by Gasteiger charge is 2.22. The summed E-state index contributed by atoms with van der Waals surface area (Å²) in [6.45, 7) is 0. The number of hydrogen-bond acceptors (Lipinski definition) is 5. The topological polar surface area (TPSA) is 54.4 Å². The zero-order valence-electron chi connectivity index (χ0n) is 13.6. The van der Waals surface area contributed by atoms with E-state index in [9.17, 15) is 9.59 Å². The largest absolute Gasteiger partial charge is 0.514 e. The highest BCUT2D eigenvalue weighted by atomic mass is 35.5. The summed E-state index contributed by atoms with van der Waals surface area (Å²) >= 11 is 8.41. The van der Waals surface area contributed by atoms with Gasteiger partial charge in [-0.2, -0.15) is 0 Å². The number of aliphatic hydroxyl groups is 1. The predicted octanol–water partition coefficient (Wildman–Crippen LogP) is 5.71. The van der Waals surface area contributed by atoms with Crippen molar-refractivity contribution in [1.82, 2.24) is 0 Å². The number of benzene rings is 2. The molecule has 26 heavy (non-hydrogen) atoms. The summed E-state index contributed by atoms with van der Waals surface area (Å²) in [5, 5.41) is 8.78. The van der Waals surface area contributed by atoms with Gasteiger partial charge in [-0.05, 0) is 11.1 Å². The van der Waals surface area contributed by atoms with E-state index in [2.05, 4.69) is 0 Å². The van der Waals surface area contributed by atoms with Crippen molar-refractivity contribution in [3.8, 4) is 0 Å². The van der Waals surface area contributed by atoms with Gasteiger partial charge in [0.15, 0.2) is 0 Å². The normalized spacial score (nSPS) is 18.8. The Labute approximate surface area is 165 Å². The highest BCUT2D eigenvalue weighted by Crippen LogP contribution is 2.33. The maximum Gasteiger partial charge on any atom is 0.202 e. The number of Topliss-reactive ketones (excluding diaryl/α,β-unsaturated/α-hetero) is 2. The molecule has 0 spiro atoms. The fourth-order valence-electron chi connectivity index (χ4n) is 2.62. The molecule has 0 bridgehead atoms. The Morgan fingerprint density at radius 3 is 1.77 bits per heavy atom. The summed E-state index contributed by atoms with van der Waals surface area (Å²) in [4.78, 5) is 24.3. The van der Waals surface area contributed by atoms with Crippen LogP contribution < -0.4 is 0 Å². The van der Waals surface area contributed by atoms with Crippen LogP contribution in [-0.2, 0) is 11.5 Å². The molecular weight excluding hydrogens is 388 g/mol. The first-order chi connectivity index (χ1) is 12.7. The van der Waals surface area contributed by atoms with Gasteiger partial charge >= 0.3 is 0 Å². The molecule has 3 nitrogen and oxygen atoms in total. The van der Waals surface area contributed by atoms with Gasteiger partial charge in [-0.3, -0.25) is 9.59 Å². The summed E-state index contributed by atoms with van der Waals surface area (Å²) in [5.74, 6) is 1.56. The Bertz CT molecular complexity index is 843. The van der Waals surface area contributed by atoms with Gasteiger partial charge in [0.25, 0.3) is 0 Å². The van der Waals surface area contributed by atoms with E-state index in [0.717, 1.165) is 34.5 Å². The lowest BCUT2D eigenvalue weighted by molar-refractivity contribution is 0.103. The zero-order chi connectivity index (χ0) is 18.5. The number of rotatable bonds is 0. The Morgan fingerprint density at radius 1 is 0.808 bits per heavy atom. The smallest absolute Gasteiger partial charge is 0.202 e. The van der Waals surface area contributed by atoms with Crippen LogP contribution in [0.5, 0.6) is 0 Å². The summed E-state index contributed by atoms with van der Waals surface area (Å²) < 4.78 is 0. The Balaban J connectivity index is 0.000000151. The number of carbonyl (C=O) groups is 2. The third kappa shape index (κ3) is 3.90. The molecule has 2 aliphatic rings. The molecule has 0 saturated carbocycles. The molecule has 0 aromatic heterocycles. The number of hydrogen-bond donors (Lipinski definition) is 1. The molecule has 2 aromatic rings. The average molecular weight is 403 g/mol. The number of halogens is 1. The van der Waals surface area contributed by atoms with E-state index in [1.54, 1.807) is 6.07 Å². The number of fused-ring (bicyclic) bond motifs is 2. The van der Waals surface area contributed by atoms with Gasteiger partial charge in [-0.1, -0.05) is 60.1 Å². The fraction of sp³-hybridized carbons (Fsp3) is 0.100. The molecular formula is C20H15ClO3S2. The lowest BCUT2D eigenvalue weighted by Gasteiger charge is -2.15. The number of carbonyl (C=O) groups excluding carboxylic acids is 2. The van der Waals surface area contributed by atoms with E-state index in [1.807, 2.05) is 42.5 Å². The van der Waals surface area contributed by atoms with Gasteiger partial charge in [-0.25, -0.2) is 0 Å². The average Bonchev–Trinajstić information content (AvgIpc) is 2.70. The molecule has 0 unspecified atom stereocenters. The standard InChI is InChI=1S/C10H7ClOS.C10H8O2S/c2*11-5-9-10(12)8-4-2-1-3-7(8)6-13-9/h1-5H,6H2;1-5,11H,6H2. The van der Waals surface area contributed by atoms with Crippen LogP contribution in [0, 0.1) is 0 Å². The van der Waals surface area contributed by atoms with Crippen molar-refractivity contribution < 1.29 is 14.7 Å². The first-order valence-corrected chi connectivity index (χ1v) is 10.2. The molecule has 2 heterocycles. The van der Waals surface area contributed by atoms with Crippen molar-refractivity contribution in [2.45, 2.75) is 11.5 Å². The van der Waals surface area contributed by atoms with Crippen LogP contribution in [0.25, 0.3) is 0 Å². The molecule has 0 fully saturated rings. The molecule has 0 amide bonds. The Kier molecular flexibility index (Phi) is 6.25. The molecule has 2 aliphatic heterocycles. The van der Waals surface area contributed by atoms with Crippen molar-refractivity contribution in [3.05, 3.63) is 92.4 Å². The number of allylic oxidation sites excluding steroid dienone is 2. The van der Waals surface area contributed by atoms with E-state index in [1.165, 1.54) is 29.1 Å². The first kappa shape index (κ1) is 18.8. The van der Waals surface area contributed by atoms with Gasteiger partial charge in [0.1, 0.15) is 0 Å². The Hall–Kier alpha value is -1.95. The molecule has 0 aliphatic carbocycles. The second-order valence-corrected chi connectivity index (χ2v) is 7.77. The number of aliphatic hydroxyl groups excluding tert-OH is 1. The number of ketones is 2. The SMILES string of the molecule is O=C1C(=CCl)SCc2ccccc21.O=C1C(=CO)SCc2ccccc21. The van der Waals surface area contributed by atoms with Gasteiger partial charge in [0.05, 0.1) is 16.1 Å². The van der Waals surface area contributed by atoms with Crippen molar-refractivity contribution in [2.75, 3.05) is 0 Å². The van der Waals surface area contributed by atoms with Crippen molar-refractivity contribution in [1.29, 1.82) is 0 Å². The van der Waals surface area contributed by atoms with Crippen molar-refractivity contribution >= 4 is 46.7 Å². The van der Waals surface area contributed by atoms with Crippen LogP contribution in [0.3, 0.4) is 0 Å². The van der Waals surface area contributed by atoms with Gasteiger partial charge in [0, 0.05) is 28.2 Å². The van der Waals surface area contributed by atoms with Gasteiger partial charge < -0.3 is 5.11 Å². The van der Waals surface area contributed by atoms with Gasteiger partial charge in [-0.15, -0.1) is 23.5 Å². The van der Waals surface area contributed by atoms with Crippen LogP contribution >= 0.6 is 35.1 Å². The van der Waals surface area contributed by atoms with Crippen molar-refractivity contribution in [2.24, 2.45) is 0 Å². The minimum atomic E-state index is -0.0747. The Morgan fingerprint density at radius 2 is 1.27 bits per heavy atom. The van der Waals surface area contributed by atoms with Crippen LogP contribution in [0.1, 0.15) is 31.8 Å². The molecule has 1 N–H and O–H groups in total. The van der Waals surface area contributed by atoms with E-state index >= 15 is 0 Å². The minimum Gasteiger partial charge on any atom is -0.514 e. The number of thioether (sulfide) groups is 2. The van der Waals surface area contributed by atoms with Crippen LogP contribution in [0.2, 0.25) is 0 Å². The quantitative estimate of drug-likeness (QED) is 0.451. The van der Waals surface area contributed by atoms with Crippen LogP contribution in [-0.4, -0.2) is 16.7 Å². The maximum atomic E-state index is 11.7. The summed E-state index contributed by atoms with van der Waals surface area (Å²) in [6, 6.07) is 15.1. The third-order valence-corrected chi connectivity index (χ3v) is 6.43. The van der Waals surface area contributed by atoms with E-state index < -0.39 is 0 Å². The first-order valence-electron chi connectivity index (χ1n) is 7.81. The molecule has 4 rings (SSSR count). The fourth-order valence-corrected chi connectivity index (χ4v) is 4.65. The predicted molar refractivity (Wildman–Crippen MR) is 109 cm³/mol. The monoisotopic (exact) mass is 402 g/mol. The maximum absolute atomic E-state index is 11.7.